The number of alkyl halides is 6. The molecule has 0 heterocycles. The molecular formula is C28H30F6N6O11. The molecule has 2 aromatic rings. The fourth-order valence-electron chi connectivity index (χ4n) is 3.18. The lowest BCUT2D eigenvalue weighted by molar-refractivity contribution is -0.193. The van der Waals surface area contributed by atoms with E-state index in [4.69, 9.17) is 57.0 Å². The summed E-state index contributed by atoms with van der Waals surface area (Å²) in [5.74, 6) is -10.2. The molecule has 17 nitrogen and oxygen atoms in total. The number of nitrogen functional groups attached to an aromatic ring is 1. The Kier molecular flexibility index (Phi) is 17.1. The number of halogens is 6. The van der Waals surface area contributed by atoms with Crippen molar-refractivity contribution in [2.75, 3.05) is 18.6 Å². The maximum Gasteiger partial charge on any atom is 0.490 e. The van der Waals surface area contributed by atoms with Crippen molar-refractivity contribution in [3.8, 4) is 5.75 Å². The summed E-state index contributed by atoms with van der Waals surface area (Å²) >= 11 is 0. The van der Waals surface area contributed by atoms with Gasteiger partial charge in [-0.1, -0.05) is 12.1 Å². The highest BCUT2D eigenvalue weighted by atomic mass is 19.4. The molecule has 0 unspecified atom stereocenters. The van der Waals surface area contributed by atoms with Crippen LogP contribution >= 0.6 is 0 Å². The van der Waals surface area contributed by atoms with E-state index in [-0.39, 0.29) is 53.7 Å². The van der Waals surface area contributed by atoms with Gasteiger partial charge in [0.2, 0.25) is 5.78 Å². The van der Waals surface area contributed by atoms with Crippen molar-refractivity contribution in [3.05, 3.63) is 59.2 Å². The number of carboxylic acids is 4. The van der Waals surface area contributed by atoms with Gasteiger partial charge in [0.05, 0.1) is 6.04 Å². The third-order valence-electron chi connectivity index (χ3n) is 5.81. The van der Waals surface area contributed by atoms with Crippen molar-refractivity contribution < 1.29 is 80.3 Å². The van der Waals surface area contributed by atoms with Crippen LogP contribution in [0.1, 0.15) is 34.3 Å². The van der Waals surface area contributed by atoms with E-state index in [1.165, 1.54) is 35.2 Å². The number of nitrogens with zero attached hydrogens (tertiary/aromatic N) is 1. The van der Waals surface area contributed by atoms with Crippen LogP contribution in [0.4, 0.5) is 32.0 Å². The molecule has 0 saturated heterocycles. The molecule has 0 aliphatic rings. The summed E-state index contributed by atoms with van der Waals surface area (Å²) in [5.41, 5.74) is 12.3. The van der Waals surface area contributed by atoms with Crippen molar-refractivity contribution >= 4 is 53.1 Å². The minimum absolute atomic E-state index is 0.0159. The molecule has 0 aliphatic heterocycles. The van der Waals surface area contributed by atoms with Gasteiger partial charge in [0.1, 0.15) is 18.2 Å². The van der Waals surface area contributed by atoms with Gasteiger partial charge in [0, 0.05) is 42.3 Å². The van der Waals surface area contributed by atoms with E-state index in [0.717, 1.165) is 0 Å². The Bertz CT molecular complexity index is 1590. The summed E-state index contributed by atoms with van der Waals surface area (Å²) in [7, 11) is 1.59. The number of hydrogen-bond acceptors (Lipinski definition) is 9. The van der Waals surface area contributed by atoms with Crippen LogP contribution < -0.4 is 26.4 Å². The highest BCUT2D eigenvalue weighted by Gasteiger charge is 2.38. The Balaban J connectivity index is 0.00000149. The van der Waals surface area contributed by atoms with Crippen molar-refractivity contribution in [3.63, 3.8) is 0 Å². The Morgan fingerprint density at radius 1 is 0.843 bits per heavy atom. The predicted octanol–water partition coefficient (Wildman–Crippen LogP) is 1.81. The molecule has 2 rings (SSSR count). The number of ether oxygens (including phenoxy) is 1. The topological polar surface area (TPSA) is 308 Å². The van der Waals surface area contributed by atoms with Gasteiger partial charge < -0.3 is 46.8 Å². The van der Waals surface area contributed by atoms with E-state index in [9.17, 15) is 45.5 Å². The summed E-state index contributed by atoms with van der Waals surface area (Å²) < 4.78 is 69.2. The molecule has 280 valence electrons. The van der Waals surface area contributed by atoms with E-state index in [1.54, 1.807) is 19.2 Å². The van der Waals surface area contributed by atoms with Gasteiger partial charge in [-0.25, -0.2) is 14.4 Å². The molecule has 51 heavy (non-hydrogen) atoms. The van der Waals surface area contributed by atoms with Crippen molar-refractivity contribution in [2.24, 2.45) is 11.5 Å². The number of amidine groups is 1. The Morgan fingerprint density at radius 3 is 1.71 bits per heavy atom. The van der Waals surface area contributed by atoms with E-state index in [0.29, 0.717) is 5.69 Å². The SMILES string of the molecule is CN(C(=N)N)c1ccc(C(=O)N[C@H](CCC(=O)O)COc2cc(C(=N)N)ccc2CC(=O)C(=O)O)cc1.O=C(O)C(F)(F)F.O=C(O)C(F)(F)F. The third-order valence-corrected chi connectivity index (χ3v) is 5.81. The molecule has 1 amide bonds. The second kappa shape index (κ2) is 19.5. The van der Waals surface area contributed by atoms with Crippen molar-refractivity contribution in [2.45, 2.75) is 37.7 Å². The molecule has 11 N–H and O–H groups in total. The third kappa shape index (κ3) is 17.0. The number of aliphatic carboxylic acids is 4. The Labute approximate surface area is 282 Å². The molecule has 2 aromatic carbocycles. The van der Waals surface area contributed by atoms with E-state index in [2.05, 4.69) is 5.32 Å². The largest absolute Gasteiger partial charge is 0.491 e. The number of carboxylic acid groups (broad SMARTS) is 4. The average Bonchev–Trinajstić information content (AvgIpc) is 3.01. The van der Waals surface area contributed by atoms with Crippen molar-refractivity contribution in [1.29, 1.82) is 10.8 Å². The summed E-state index contributed by atoms with van der Waals surface area (Å²) in [4.78, 5) is 65.9. The monoisotopic (exact) mass is 740 g/mol. The quantitative estimate of drug-likeness (QED) is 0.0612. The molecule has 0 bridgehead atoms. The molecule has 0 saturated carbocycles. The number of hydrogen-bond donors (Lipinski definition) is 9. The average molecular weight is 741 g/mol. The van der Waals surface area contributed by atoms with E-state index < -0.39 is 60.4 Å². The van der Waals surface area contributed by atoms with Crippen molar-refractivity contribution in [1.82, 2.24) is 5.32 Å². The zero-order valence-electron chi connectivity index (χ0n) is 26.0. The number of benzene rings is 2. The molecule has 0 aromatic heterocycles. The predicted molar refractivity (Wildman–Crippen MR) is 162 cm³/mol. The number of rotatable bonds is 13. The van der Waals surface area contributed by atoms with Gasteiger partial charge in [0.15, 0.2) is 5.96 Å². The number of nitrogens with two attached hydrogens (primary N) is 2. The van der Waals surface area contributed by atoms with Crippen LogP contribution in [0.2, 0.25) is 0 Å². The van der Waals surface area contributed by atoms with Gasteiger partial charge in [-0.15, -0.1) is 0 Å². The summed E-state index contributed by atoms with van der Waals surface area (Å²) in [6.45, 7) is -0.209. The van der Waals surface area contributed by atoms with Crippen LogP contribution in [0, 0.1) is 10.8 Å². The first kappa shape index (κ1) is 44.6. The maximum absolute atomic E-state index is 12.8. The molecule has 23 heteroatoms. The number of amides is 1. The van der Waals surface area contributed by atoms with Crippen LogP contribution in [0.15, 0.2) is 42.5 Å². The Morgan fingerprint density at radius 2 is 1.31 bits per heavy atom. The number of Topliss-reactive ketones (excluding diaryl/α,β-unsaturated/α-hetero) is 1. The first-order valence-corrected chi connectivity index (χ1v) is 13.4. The van der Waals surface area contributed by atoms with Crippen LogP contribution in [0.5, 0.6) is 5.75 Å². The minimum Gasteiger partial charge on any atom is -0.491 e. The molecule has 1 atom stereocenters. The summed E-state index contributed by atoms with van der Waals surface area (Å²) in [6.07, 6.45) is -10.9. The van der Waals surface area contributed by atoms with Gasteiger partial charge in [0.25, 0.3) is 5.91 Å². The number of carbonyl (C=O) groups excluding carboxylic acids is 2. The summed E-state index contributed by atoms with van der Waals surface area (Å²) in [5, 5.41) is 50.1. The first-order valence-electron chi connectivity index (χ1n) is 13.4. The molecule has 0 spiro atoms. The lowest BCUT2D eigenvalue weighted by Crippen LogP contribution is -2.39. The highest BCUT2D eigenvalue weighted by molar-refractivity contribution is 6.33. The fourth-order valence-corrected chi connectivity index (χ4v) is 3.18. The first-order chi connectivity index (χ1) is 23.3. The number of nitrogens with one attached hydrogen (secondary N) is 3. The number of carbonyl (C=O) groups is 6. The second-order valence-corrected chi connectivity index (χ2v) is 9.65. The van der Waals surface area contributed by atoms with E-state index in [1.807, 2.05) is 0 Å². The molecule has 0 fully saturated rings. The summed E-state index contributed by atoms with van der Waals surface area (Å²) in [6, 6.07) is 9.68. The second-order valence-electron chi connectivity index (χ2n) is 9.65. The maximum atomic E-state index is 12.8. The molecule has 0 aliphatic carbocycles. The minimum atomic E-state index is -5.08. The van der Waals surface area contributed by atoms with Gasteiger partial charge >= 0.3 is 36.2 Å². The lowest BCUT2D eigenvalue weighted by atomic mass is 10.0. The standard InChI is InChI=1S/C24H28N6O7.2C2HF3O2/c1-30(24(27)28)17-7-4-13(5-8-17)22(34)29-16(6-9-20(32)33)12-37-19-11-15(21(25)26)3-2-14(19)10-18(31)23(35)36;2*3-2(4,5)1(6)7/h2-5,7-8,11,16H,6,9-10,12H2,1H3,(H3,25,26)(H3,27,28)(H,29,34)(H,32,33)(H,35,36);2*(H,6,7)/t16-;;/m1../s1. The smallest absolute Gasteiger partial charge is 0.490 e. The number of guanidine groups is 1. The van der Waals surface area contributed by atoms with Gasteiger partial charge in [-0.05, 0) is 36.8 Å². The van der Waals surface area contributed by atoms with Crippen LogP contribution in [-0.4, -0.2) is 99.8 Å². The highest BCUT2D eigenvalue weighted by Crippen LogP contribution is 2.23. The van der Waals surface area contributed by atoms with Crippen LogP contribution in [-0.2, 0) is 30.4 Å². The lowest BCUT2D eigenvalue weighted by Gasteiger charge is -2.21. The van der Waals surface area contributed by atoms with Gasteiger partial charge in [-0.3, -0.25) is 25.2 Å². The van der Waals surface area contributed by atoms with Crippen LogP contribution in [0.25, 0.3) is 0 Å². The zero-order valence-corrected chi connectivity index (χ0v) is 26.0. The molecule has 0 radical (unpaired) electrons. The fraction of sp³-hybridized carbons (Fsp3) is 0.286. The number of ketones is 1. The zero-order chi connectivity index (χ0) is 39.9. The van der Waals surface area contributed by atoms with Gasteiger partial charge in [-0.2, -0.15) is 26.3 Å². The normalized spacial score (nSPS) is 11.2. The van der Waals surface area contributed by atoms with E-state index >= 15 is 0 Å². The number of anilines is 1. The van der Waals surface area contributed by atoms with Crippen LogP contribution in [0.3, 0.4) is 0 Å². The molecular weight excluding hydrogens is 710 g/mol. The Hall–Kier alpha value is -6.42.